The maximum Gasteiger partial charge on any atom is 0.0159 e. The first-order valence-corrected chi connectivity index (χ1v) is 8.46. The first-order chi connectivity index (χ1) is 11.1. The molecule has 0 radical (unpaired) electrons. The topological polar surface area (TPSA) is 0 Å². The molecule has 0 fully saturated rings. The molecule has 23 heavy (non-hydrogen) atoms. The maximum atomic E-state index is 2.47. The molecule has 0 aliphatic heterocycles. The fourth-order valence-electron chi connectivity index (χ4n) is 4.64. The van der Waals surface area contributed by atoms with Gasteiger partial charge in [0.05, 0.1) is 0 Å². The van der Waals surface area contributed by atoms with Gasteiger partial charge in [0.15, 0.2) is 0 Å². The van der Waals surface area contributed by atoms with Crippen LogP contribution in [0.15, 0.2) is 60.7 Å². The lowest BCUT2D eigenvalue weighted by Crippen LogP contribution is -2.15. The van der Waals surface area contributed by atoms with Crippen LogP contribution < -0.4 is 0 Å². The highest BCUT2D eigenvalue weighted by Crippen LogP contribution is 2.54. The normalized spacial score (nSPS) is 19.0. The number of hydrogen-bond donors (Lipinski definition) is 0. The lowest BCUT2D eigenvalue weighted by molar-refractivity contribution is 0.660. The molecule has 0 heterocycles. The van der Waals surface area contributed by atoms with Crippen LogP contribution >= 0.6 is 0 Å². The third-order valence-corrected chi connectivity index (χ3v) is 5.94. The lowest BCUT2D eigenvalue weighted by atomic mass is 9.81. The molecule has 112 valence electrons. The summed E-state index contributed by atoms with van der Waals surface area (Å²) in [5, 5.41) is 0. The smallest absolute Gasteiger partial charge is 0.0159 e. The van der Waals surface area contributed by atoms with Crippen molar-refractivity contribution < 1.29 is 0 Å². The molecular weight excluding hydrogens is 276 g/mol. The molecule has 0 saturated carbocycles. The van der Waals surface area contributed by atoms with E-state index in [0.717, 1.165) is 0 Å². The molecule has 0 saturated heterocycles. The van der Waals surface area contributed by atoms with Gasteiger partial charge in [0.1, 0.15) is 0 Å². The Morgan fingerprint density at radius 3 is 2.17 bits per heavy atom. The Morgan fingerprint density at radius 1 is 0.652 bits per heavy atom. The van der Waals surface area contributed by atoms with Crippen LogP contribution in [0, 0.1) is 0 Å². The van der Waals surface area contributed by atoms with E-state index in [1.165, 1.54) is 44.5 Å². The van der Waals surface area contributed by atoms with Gasteiger partial charge in [-0.25, -0.2) is 0 Å². The van der Waals surface area contributed by atoms with Crippen LogP contribution in [-0.4, -0.2) is 0 Å². The third kappa shape index (κ3) is 1.51. The Hall–Kier alpha value is -2.34. The van der Waals surface area contributed by atoms with Crippen molar-refractivity contribution in [2.24, 2.45) is 0 Å². The van der Waals surface area contributed by atoms with Crippen LogP contribution in [-0.2, 0) is 5.41 Å². The molecule has 0 amide bonds. The summed E-state index contributed by atoms with van der Waals surface area (Å²) in [6, 6.07) is 22.7. The third-order valence-electron chi connectivity index (χ3n) is 5.94. The summed E-state index contributed by atoms with van der Waals surface area (Å²) in [6.07, 6.45) is 0. The summed E-state index contributed by atoms with van der Waals surface area (Å²) < 4.78 is 0. The van der Waals surface area contributed by atoms with Crippen LogP contribution in [0.4, 0.5) is 0 Å². The standard InChI is InChI=1S/C23H20/c1-14-15-8-4-5-9-16(15)19-13-22-20(12-18(14)19)17-10-6-7-11-21(17)23(22,2)3/h4-14H,1-3H3. The fourth-order valence-corrected chi connectivity index (χ4v) is 4.64. The Labute approximate surface area is 137 Å². The second kappa shape index (κ2) is 4.14. The van der Waals surface area contributed by atoms with E-state index in [1.54, 1.807) is 0 Å². The van der Waals surface area contributed by atoms with E-state index in [4.69, 9.17) is 0 Å². The molecule has 0 nitrogen and oxygen atoms in total. The van der Waals surface area contributed by atoms with Gasteiger partial charge >= 0.3 is 0 Å². The van der Waals surface area contributed by atoms with Gasteiger partial charge in [0.2, 0.25) is 0 Å². The molecule has 5 rings (SSSR count). The minimum atomic E-state index is 0.0850. The Kier molecular flexibility index (Phi) is 2.36. The predicted octanol–water partition coefficient (Wildman–Crippen LogP) is 6.13. The SMILES string of the molecule is CC1c2ccccc2-c2cc3c(cc21)-c1ccccc1C3(C)C. The van der Waals surface area contributed by atoms with Crippen molar-refractivity contribution in [1.29, 1.82) is 0 Å². The quantitative estimate of drug-likeness (QED) is 0.468. The summed E-state index contributed by atoms with van der Waals surface area (Å²) in [4.78, 5) is 0. The monoisotopic (exact) mass is 296 g/mol. The molecule has 2 aliphatic carbocycles. The highest BCUT2D eigenvalue weighted by atomic mass is 14.4. The summed E-state index contributed by atoms with van der Waals surface area (Å²) in [5.41, 5.74) is 11.7. The van der Waals surface area contributed by atoms with E-state index in [-0.39, 0.29) is 5.41 Å². The summed E-state index contributed by atoms with van der Waals surface area (Å²) >= 11 is 0. The first-order valence-electron chi connectivity index (χ1n) is 8.46. The van der Waals surface area contributed by atoms with Crippen molar-refractivity contribution in [1.82, 2.24) is 0 Å². The minimum absolute atomic E-state index is 0.0850. The van der Waals surface area contributed by atoms with Gasteiger partial charge in [0, 0.05) is 11.3 Å². The van der Waals surface area contributed by atoms with Crippen LogP contribution in [0.5, 0.6) is 0 Å². The molecule has 0 bridgehead atoms. The van der Waals surface area contributed by atoms with E-state index >= 15 is 0 Å². The number of rotatable bonds is 0. The van der Waals surface area contributed by atoms with E-state index in [9.17, 15) is 0 Å². The molecule has 3 aromatic carbocycles. The van der Waals surface area contributed by atoms with Gasteiger partial charge in [-0.15, -0.1) is 0 Å². The number of fused-ring (bicyclic) bond motifs is 6. The van der Waals surface area contributed by atoms with Gasteiger partial charge in [-0.1, -0.05) is 69.3 Å². The van der Waals surface area contributed by atoms with Gasteiger partial charge in [0.25, 0.3) is 0 Å². The summed E-state index contributed by atoms with van der Waals surface area (Å²) in [7, 11) is 0. The highest BCUT2D eigenvalue weighted by Gasteiger charge is 2.37. The van der Waals surface area contributed by atoms with E-state index in [1.807, 2.05) is 0 Å². The Bertz CT molecular complexity index is 960. The minimum Gasteiger partial charge on any atom is -0.0619 e. The second-order valence-corrected chi connectivity index (χ2v) is 7.46. The highest BCUT2D eigenvalue weighted by molar-refractivity contribution is 5.88. The average molecular weight is 296 g/mol. The summed E-state index contributed by atoms with van der Waals surface area (Å²) in [5.74, 6) is 0.488. The van der Waals surface area contributed by atoms with Gasteiger partial charge in [-0.2, -0.15) is 0 Å². The zero-order chi connectivity index (χ0) is 15.8. The zero-order valence-electron chi connectivity index (χ0n) is 13.9. The van der Waals surface area contributed by atoms with Crippen molar-refractivity contribution in [2.45, 2.75) is 32.1 Å². The van der Waals surface area contributed by atoms with E-state index in [0.29, 0.717) is 5.92 Å². The molecule has 2 aliphatic rings. The Morgan fingerprint density at radius 2 is 1.35 bits per heavy atom. The van der Waals surface area contributed by atoms with Crippen molar-refractivity contribution in [3.63, 3.8) is 0 Å². The molecule has 1 atom stereocenters. The van der Waals surface area contributed by atoms with E-state index in [2.05, 4.69) is 81.4 Å². The van der Waals surface area contributed by atoms with Crippen molar-refractivity contribution >= 4 is 0 Å². The lowest BCUT2D eigenvalue weighted by Gasteiger charge is -2.22. The number of benzene rings is 3. The predicted molar refractivity (Wildman–Crippen MR) is 97.0 cm³/mol. The van der Waals surface area contributed by atoms with Crippen molar-refractivity contribution in [2.75, 3.05) is 0 Å². The van der Waals surface area contributed by atoms with Gasteiger partial charge in [-0.3, -0.25) is 0 Å². The Balaban J connectivity index is 1.85. The molecular formula is C23H20. The molecule has 3 aromatic rings. The summed E-state index contributed by atoms with van der Waals surface area (Å²) in [6.45, 7) is 7.05. The molecule has 0 spiro atoms. The van der Waals surface area contributed by atoms with Crippen LogP contribution in [0.2, 0.25) is 0 Å². The first kappa shape index (κ1) is 13.1. The zero-order valence-corrected chi connectivity index (χ0v) is 13.9. The second-order valence-electron chi connectivity index (χ2n) is 7.46. The average Bonchev–Trinajstić information content (AvgIpc) is 2.98. The van der Waals surface area contributed by atoms with Gasteiger partial charge < -0.3 is 0 Å². The molecule has 0 heteroatoms. The van der Waals surface area contributed by atoms with Crippen molar-refractivity contribution in [3.05, 3.63) is 82.9 Å². The largest absolute Gasteiger partial charge is 0.0619 e. The van der Waals surface area contributed by atoms with Crippen LogP contribution in [0.3, 0.4) is 0 Å². The fraction of sp³-hybridized carbons (Fsp3) is 0.217. The maximum absolute atomic E-state index is 2.47. The van der Waals surface area contributed by atoms with Gasteiger partial charge in [-0.05, 0) is 56.6 Å². The molecule has 0 N–H and O–H groups in total. The van der Waals surface area contributed by atoms with E-state index < -0.39 is 0 Å². The number of hydrogen-bond acceptors (Lipinski definition) is 0. The molecule has 0 aromatic heterocycles. The van der Waals surface area contributed by atoms with Crippen LogP contribution in [0.25, 0.3) is 22.3 Å². The van der Waals surface area contributed by atoms with Crippen LogP contribution in [0.1, 0.15) is 48.9 Å². The molecule has 1 unspecified atom stereocenters. The van der Waals surface area contributed by atoms with Crippen molar-refractivity contribution in [3.8, 4) is 22.3 Å².